The Labute approximate surface area is 174 Å². The van der Waals surface area contributed by atoms with Crippen molar-refractivity contribution >= 4 is 21.7 Å². The highest BCUT2D eigenvalue weighted by Crippen LogP contribution is 2.32. The average Bonchev–Trinajstić information content (AvgIpc) is 3.05. The number of hydrazine groups is 1. The number of nitrogens with zero attached hydrogens (tertiary/aromatic N) is 2. The summed E-state index contributed by atoms with van der Waals surface area (Å²) in [4.78, 5) is 11.5. The molecule has 0 aliphatic carbocycles. The van der Waals surface area contributed by atoms with Crippen molar-refractivity contribution in [2.45, 2.75) is 30.3 Å². The van der Waals surface area contributed by atoms with E-state index in [1.165, 1.54) is 12.1 Å². The van der Waals surface area contributed by atoms with E-state index in [-0.39, 0.29) is 17.0 Å². The molecular weight excluding hydrogens is 404 g/mol. The number of nitrogen functional groups attached to an aromatic ring is 1. The van der Waals surface area contributed by atoms with Crippen LogP contribution in [0.25, 0.3) is 11.3 Å². The predicted octanol–water partition coefficient (Wildman–Crippen LogP) is 1.28. The van der Waals surface area contributed by atoms with Crippen molar-refractivity contribution in [3.8, 4) is 11.3 Å². The van der Waals surface area contributed by atoms with Gasteiger partial charge >= 0.3 is 0 Å². The van der Waals surface area contributed by atoms with Gasteiger partial charge in [-0.05, 0) is 24.1 Å². The largest absolute Gasteiger partial charge is 0.384 e. The molecule has 0 bridgehead atoms. The molecule has 1 fully saturated rings. The molecule has 1 aliphatic rings. The third-order valence-electron chi connectivity index (χ3n) is 5.05. The van der Waals surface area contributed by atoms with Gasteiger partial charge in [-0.2, -0.15) is 5.10 Å². The van der Waals surface area contributed by atoms with Gasteiger partial charge in [-0.1, -0.05) is 42.5 Å². The fourth-order valence-electron chi connectivity index (χ4n) is 3.47. The van der Waals surface area contributed by atoms with Gasteiger partial charge in [0.2, 0.25) is 15.9 Å². The molecular formula is C20H22N6O3S. The molecule has 0 radical (unpaired) electrons. The molecule has 1 aromatic heterocycles. The summed E-state index contributed by atoms with van der Waals surface area (Å²) in [6.45, 7) is 0. The fourth-order valence-corrected chi connectivity index (χ4v) is 3.99. The number of hydrogen-bond acceptors (Lipinski definition) is 6. The van der Waals surface area contributed by atoms with Crippen molar-refractivity contribution in [2.75, 3.05) is 5.73 Å². The second-order valence-electron chi connectivity index (χ2n) is 7.14. The number of primary sulfonamides is 1. The number of carbonyl (C=O) groups is 1. The van der Waals surface area contributed by atoms with E-state index in [9.17, 15) is 13.2 Å². The van der Waals surface area contributed by atoms with Crippen LogP contribution in [0.15, 0.2) is 59.5 Å². The van der Waals surface area contributed by atoms with E-state index in [2.05, 4.69) is 10.9 Å². The summed E-state index contributed by atoms with van der Waals surface area (Å²) in [6.07, 6.45) is 1.14. The van der Waals surface area contributed by atoms with Crippen LogP contribution in [0, 0.1) is 0 Å². The molecule has 0 spiro atoms. The Morgan fingerprint density at radius 2 is 1.80 bits per heavy atom. The Morgan fingerprint density at radius 1 is 1.10 bits per heavy atom. The van der Waals surface area contributed by atoms with Crippen LogP contribution in [0.5, 0.6) is 0 Å². The summed E-state index contributed by atoms with van der Waals surface area (Å²) in [7, 11) is -3.75. The maximum atomic E-state index is 11.5. The van der Waals surface area contributed by atoms with Crippen LogP contribution < -0.4 is 21.7 Å². The molecule has 0 saturated carbocycles. The molecule has 1 unspecified atom stereocenters. The topological polar surface area (TPSA) is 145 Å². The predicted molar refractivity (Wildman–Crippen MR) is 112 cm³/mol. The number of benzene rings is 2. The number of carbonyl (C=O) groups excluding carboxylic acids is 1. The van der Waals surface area contributed by atoms with Gasteiger partial charge in [-0.25, -0.2) is 23.7 Å². The van der Waals surface area contributed by atoms with Crippen molar-refractivity contribution < 1.29 is 13.2 Å². The van der Waals surface area contributed by atoms with Crippen LogP contribution in [0.2, 0.25) is 0 Å². The van der Waals surface area contributed by atoms with Crippen LogP contribution in [-0.4, -0.2) is 24.1 Å². The van der Waals surface area contributed by atoms with E-state index in [4.69, 9.17) is 16.0 Å². The van der Waals surface area contributed by atoms with Crippen molar-refractivity contribution in [1.29, 1.82) is 0 Å². The molecule has 30 heavy (non-hydrogen) atoms. The lowest BCUT2D eigenvalue weighted by atomic mass is 10.0. The third kappa shape index (κ3) is 4.06. The number of anilines is 1. The smallest absolute Gasteiger partial charge is 0.238 e. The van der Waals surface area contributed by atoms with E-state index < -0.39 is 10.0 Å². The zero-order valence-corrected chi connectivity index (χ0v) is 16.9. The molecule has 4 rings (SSSR count). The van der Waals surface area contributed by atoms with Gasteiger partial charge in [0.15, 0.2) is 0 Å². The monoisotopic (exact) mass is 426 g/mol. The summed E-state index contributed by atoms with van der Waals surface area (Å²) >= 11 is 0. The zero-order valence-electron chi connectivity index (χ0n) is 16.1. The molecule has 156 valence electrons. The van der Waals surface area contributed by atoms with Crippen LogP contribution in [0.1, 0.15) is 30.1 Å². The van der Waals surface area contributed by atoms with E-state index >= 15 is 0 Å². The van der Waals surface area contributed by atoms with Crippen LogP contribution in [0.3, 0.4) is 0 Å². The first-order valence-electron chi connectivity index (χ1n) is 9.41. The van der Waals surface area contributed by atoms with Crippen molar-refractivity contribution in [3.63, 3.8) is 0 Å². The standard InChI is InChI=1S/C20H22N6O3S/c21-20-16(12-13-6-8-15(9-7-13)30(22,28)29)19(14-4-2-1-3-5-14)25-26(20)17-10-11-18(27)24-23-17/h1-9,17,23H,10-12,21H2,(H,24,27)(H2,22,28,29). The lowest BCUT2D eigenvalue weighted by Gasteiger charge is -2.25. The lowest BCUT2D eigenvalue weighted by molar-refractivity contribution is -0.124. The maximum absolute atomic E-state index is 11.5. The van der Waals surface area contributed by atoms with E-state index in [0.29, 0.717) is 25.1 Å². The Hall–Kier alpha value is -3.21. The summed E-state index contributed by atoms with van der Waals surface area (Å²) in [6, 6.07) is 16.1. The minimum atomic E-state index is -3.75. The highest BCUT2D eigenvalue weighted by atomic mass is 32.2. The Bertz CT molecular complexity index is 1160. The van der Waals surface area contributed by atoms with E-state index in [0.717, 1.165) is 22.4 Å². The number of rotatable bonds is 5. The van der Waals surface area contributed by atoms with Gasteiger partial charge in [0, 0.05) is 24.0 Å². The molecule has 10 heteroatoms. The van der Waals surface area contributed by atoms with Gasteiger partial charge in [0.05, 0.1) is 10.6 Å². The maximum Gasteiger partial charge on any atom is 0.238 e. The molecule has 1 atom stereocenters. The quantitative estimate of drug-likeness (QED) is 0.484. The Kier molecular flexibility index (Phi) is 5.29. The average molecular weight is 427 g/mol. The first-order valence-corrected chi connectivity index (χ1v) is 11.0. The first-order chi connectivity index (χ1) is 14.3. The molecule has 2 aromatic carbocycles. The van der Waals surface area contributed by atoms with Crippen LogP contribution in [0.4, 0.5) is 5.82 Å². The highest BCUT2D eigenvalue weighted by Gasteiger charge is 2.25. The Morgan fingerprint density at radius 3 is 2.40 bits per heavy atom. The third-order valence-corrected chi connectivity index (χ3v) is 5.98. The number of nitrogens with two attached hydrogens (primary N) is 2. The number of aromatic nitrogens is 2. The lowest BCUT2D eigenvalue weighted by Crippen LogP contribution is -2.47. The van der Waals surface area contributed by atoms with Crippen molar-refractivity contribution in [3.05, 3.63) is 65.7 Å². The van der Waals surface area contributed by atoms with Gasteiger partial charge in [-0.3, -0.25) is 10.2 Å². The van der Waals surface area contributed by atoms with E-state index in [1.54, 1.807) is 16.8 Å². The molecule has 2 heterocycles. The SMILES string of the molecule is Nc1c(Cc2ccc(S(N)(=O)=O)cc2)c(-c2ccccc2)nn1C1CCC(=O)NN1. The minimum absolute atomic E-state index is 0.0559. The fraction of sp³-hybridized carbons (Fsp3) is 0.200. The summed E-state index contributed by atoms with van der Waals surface area (Å²) < 4.78 is 24.7. The van der Waals surface area contributed by atoms with Gasteiger partial charge < -0.3 is 5.73 Å². The zero-order chi connectivity index (χ0) is 21.3. The molecule has 9 nitrogen and oxygen atoms in total. The minimum Gasteiger partial charge on any atom is -0.384 e. The number of sulfonamides is 1. The molecule has 6 N–H and O–H groups in total. The number of nitrogens with one attached hydrogen (secondary N) is 2. The Balaban J connectivity index is 1.73. The second-order valence-corrected chi connectivity index (χ2v) is 8.70. The summed E-state index contributed by atoms with van der Waals surface area (Å²) in [5.74, 6) is 0.411. The summed E-state index contributed by atoms with van der Waals surface area (Å²) in [5, 5.41) is 9.93. The first kappa shape index (κ1) is 20.1. The van der Waals surface area contributed by atoms with Crippen LogP contribution >= 0.6 is 0 Å². The number of hydrogen-bond donors (Lipinski definition) is 4. The molecule has 1 saturated heterocycles. The van der Waals surface area contributed by atoms with Crippen molar-refractivity contribution in [1.82, 2.24) is 20.6 Å². The van der Waals surface area contributed by atoms with Crippen LogP contribution in [-0.2, 0) is 21.2 Å². The summed E-state index contributed by atoms with van der Waals surface area (Å²) in [5.41, 5.74) is 15.4. The molecule has 1 amide bonds. The molecule has 3 aromatic rings. The molecule has 1 aliphatic heterocycles. The number of amides is 1. The highest BCUT2D eigenvalue weighted by molar-refractivity contribution is 7.89. The normalized spacial score (nSPS) is 17.0. The van der Waals surface area contributed by atoms with Gasteiger partial charge in [-0.15, -0.1) is 0 Å². The second kappa shape index (κ2) is 7.90. The van der Waals surface area contributed by atoms with Crippen molar-refractivity contribution in [2.24, 2.45) is 5.14 Å². The van der Waals surface area contributed by atoms with E-state index in [1.807, 2.05) is 30.3 Å². The van der Waals surface area contributed by atoms with Gasteiger partial charge in [0.1, 0.15) is 12.0 Å². The van der Waals surface area contributed by atoms with Gasteiger partial charge in [0.25, 0.3) is 0 Å².